The average molecular weight is 389 g/mol. The monoisotopic (exact) mass is 389 g/mol. The second-order valence-electron chi connectivity index (χ2n) is 6.70. The van der Waals surface area contributed by atoms with Gasteiger partial charge in [0, 0.05) is 41.1 Å². The summed E-state index contributed by atoms with van der Waals surface area (Å²) in [5, 5.41) is 4.68. The van der Waals surface area contributed by atoms with Gasteiger partial charge in [-0.1, -0.05) is 6.07 Å². The second kappa shape index (κ2) is 7.16. The maximum atomic E-state index is 5.38. The third-order valence-electron chi connectivity index (χ3n) is 4.97. The van der Waals surface area contributed by atoms with E-state index in [9.17, 15) is 0 Å². The fourth-order valence-corrected chi connectivity index (χ4v) is 4.93. The summed E-state index contributed by atoms with van der Waals surface area (Å²) in [6.07, 6.45) is 8.73. The van der Waals surface area contributed by atoms with Crippen LogP contribution in [-0.4, -0.2) is 27.0 Å². The van der Waals surface area contributed by atoms with Crippen molar-refractivity contribution in [2.45, 2.75) is 25.8 Å². The molecule has 0 unspecified atom stereocenters. The first-order chi connectivity index (χ1) is 13.8. The third-order valence-corrected chi connectivity index (χ3v) is 6.16. The summed E-state index contributed by atoms with van der Waals surface area (Å²) in [5.74, 6) is 2.19. The van der Waals surface area contributed by atoms with Crippen LogP contribution in [0.1, 0.15) is 22.4 Å². The Hall–Kier alpha value is -3.06. The molecule has 0 amide bonds. The molecule has 4 aromatic rings. The molecule has 0 atom stereocenters. The molecule has 0 aromatic carbocycles. The molecule has 140 valence electrons. The minimum Gasteiger partial charge on any atom is -0.481 e. The number of methoxy groups -OCH3 is 1. The number of fused-ring (bicyclic) bond motifs is 3. The van der Waals surface area contributed by atoms with E-state index in [1.54, 1.807) is 37.0 Å². The van der Waals surface area contributed by atoms with Gasteiger partial charge in [-0.15, -0.1) is 11.3 Å². The van der Waals surface area contributed by atoms with Crippen molar-refractivity contribution < 1.29 is 4.74 Å². The van der Waals surface area contributed by atoms with Gasteiger partial charge < -0.3 is 10.1 Å². The number of rotatable bonds is 5. The van der Waals surface area contributed by atoms with E-state index < -0.39 is 0 Å². The van der Waals surface area contributed by atoms with Crippen molar-refractivity contribution >= 4 is 27.4 Å². The second-order valence-corrected chi connectivity index (χ2v) is 7.78. The van der Waals surface area contributed by atoms with Crippen LogP contribution in [0.15, 0.2) is 42.9 Å². The number of thiophene rings is 1. The lowest BCUT2D eigenvalue weighted by atomic mass is 10.1. The van der Waals surface area contributed by atoms with E-state index in [-0.39, 0.29) is 0 Å². The van der Waals surface area contributed by atoms with Crippen molar-refractivity contribution in [2.24, 2.45) is 0 Å². The van der Waals surface area contributed by atoms with Crippen LogP contribution in [0.25, 0.3) is 21.6 Å². The van der Waals surface area contributed by atoms with Gasteiger partial charge in [-0.25, -0.2) is 15.0 Å². The molecule has 7 heteroatoms. The number of anilines is 1. The summed E-state index contributed by atoms with van der Waals surface area (Å²) in [6.45, 7) is 0.584. The summed E-state index contributed by atoms with van der Waals surface area (Å²) >= 11 is 1.79. The number of nitrogens with zero attached hydrogens (tertiary/aromatic N) is 4. The maximum Gasteiger partial charge on any atom is 0.218 e. The highest BCUT2D eigenvalue weighted by atomic mass is 32.1. The summed E-state index contributed by atoms with van der Waals surface area (Å²) in [4.78, 5) is 20.7. The van der Waals surface area contributed by atoms with Crippen molar-refractivity contribution in [3.05, 3.63) is 58.9 Å². The van der Waals surface area contributed by atoms with E-state index in [4.69, 9.17) is 14.7 Å². The molecule has 6 nitrogen and oxygen atoms in total. The highest BCUT2D eigenvalue weighted by Gasteiger charge is 2.23. The van der Waals surface area contributed by atoms with Gasteiger partial charge >= 0.3 is 0 Å². The molecule has 1 aliphatic carbocycles. The molecule has 1 N–H and O–H groups in total. The van der Waals surface area contributed by atoms with Crippen LogP contribution in [0.5, 0.6) is 5.88 Å². The van der Waals surface area contributed by atoms with E-state index >= 15 is 0 Å². The van der Waals surface area contributed by atoms with Gasteiger partial charge in [-0.2, -0.15) is 0 Å². The van der Waals surface area contributed by atoms with Gasteiger partial charge in [0.25, 0.3) is 0 Å². The Morgan fingerprint density at radius 1 is 1.14 bits per heavy atom. The molecule has 4 heterocycles. The number of aryl methyl sites for hydroxylation is 2. The highest BCUT2D eigenvalue weighted by Crippen LogP contribution is 2.40. The van der Waals surface area contributed by atoms with Crippen LogP contribution in [0.2, 0.25) is 0 Å². The summed E-state index contributed by atoms with van der Waals surface area (Å²) in [7, 11) is 1.64. The molecule has 4 aromatic heterocycles. The Bertz CT molecular complexity index is 1140. The largest absolute Gasteiger partial charge is 0.481 e. The van der Waals surface area contributed by atoms with Crippen molar-refractivity contribution in [2.75, 3.05) is 12.4 Å². The number of ether oxygens (including phenoxy) is 1. The third kappa shape index (κ3) is 2.97. The highest BCUT2D eigenvalue weighted by molar-refractivity contribution is 7.19. The minimum atomic E-state index is 0.584. The Morgan fingerprint density at radius 2 is 2.07 bits per heavy atom. The molecule has 1 aliphatic rings. The summed E-state index contributed by atoms with van der Waals surface area (Å²) < 4.78 is 5.38. The van der Waals surface area contributed by atoms with Gasteiger partial charge in [-0.05, 0) is 43.0 Å². The van der Waals surface area contributed by atoms with Crippen LogP contribution < -0.4 is 10.1 Å². The smallest absolute Gasteiger partial charge is 0.218 e. The topological polar surface area (TPSA) is 72.8 Å². The van der Waals surface area contributed by atoms with Crippen LogP contribution in [0.4, 0.5) is 5.82 Å². The maximum absolute atomic E-state index is 5.38. The van der Waals surface area contributed by atoms with Crippen LogP contribution in [0, 0.1) is 0 Å². The zero-order valence-corrected chi connectivity index (χ0v) is 16.3. The predicted octanol–water partition coefficient (Wildman–Crippen LogP) is 4.26. The lowest BCUT2D eigenvalue weighted by Gasteiger charge is -2.12. The predicted molar refractivity (Wildman–Crippen MR) is 111 cm³/mol. The van der Waals surface area contributed by atoms with Crippen LogP contribution in [0.3, 0.4) is 0 Å². The molecule has 0 bridgehead atoms. The van der Waals surface area contributed by atoms with Crippen molar-refractivity contribution in [3.8, 4) is 17.3 Å². The molecule has 5 rings (SSSR count). The lowest BCUT2D eigenvalue weighted by molar-refractivity contribution is 0.393. The first-order valence-corrected chi connectivity index (χ1v) is 10.1. The van der Waals surface area contributed by atoms with Crippen molar-refractivity contribution in [1.82, 2.24) is 19.9 Å². The van der Waals surface area contributed by atoms with Crippen molar-refractivity contribution in [1.29, 1.82) is 0 Å². The molecule has 0 radical (unpaired) electrons. The van der Waals surface area contributed by atoms with E-state index in [1.807, 2.05) is 24.3 Å². The van der Waals surface area contributed by atoms with Crippen LogP contribution >= 0.6 is 11.3 Å². The van der Waals surface area contributed by atoms with Gasteiger partial charge in [0.2, 0.25) is 5.88 Å². The number of hydrogen-bond acceptors (Lipinski definition) is 7. The van der Waals surface area contributed by atoms with E-state index in [0.29, 0.717) is 18.2 Å². The zero-order chi connectivity index (χ0) is 18.9. The van der Waals surface area contributed by atoms with Gasteiger partial charge in [0.1, 0.15) is 10.6 Å². The fourth-order valence-electron chi connectivity index (χ4n) is 3.67. The first kappa shape index (κ1) is 17.1. The molecule has 0 spiro atoms. The molecule has 28 heavy (non-hydrogen) atoms. The number of pyridine rings is 2. The molecule has 0 fully saturated rings. The van der Waals surface area contributed by atoms with E-state index in [0.717, 1.165) is 40.0 Å². The van der Waals surface area contributed by atoms with E-state index in [1.165, 1.54) is 16.9 Å². The van der Waals surface area contributed by atoms with Crippen LogP contribution in [-0.2, 0) is 19.4 Å². The standard InChI is InChI=1S/C21H19N5OS/c1-27-20-14(6-4-10-23-20)12-24-19-17-15-7-2-8-16(15)28-21(17)26-18(25-19)13-5-3-9-22-11-13/h3-6,9-11H,2,7-8,12H2,1H3,(H,24,25,26). The Balaban J connectivity index is 1.59. The molecule has 0 saturated carbocycles. The van der Waals surface area contributed by atoms with E-state index in [2.05, 4.69) is 15.3 Å². The molecular weight excluding hydrogens is 370 g/mol. The Kier molecular flexibility index (Phi) is 4.37. The number of hydrogen-bond donors (Lipinski definition) is 1. The summed E-state index contributed by atoms with van der Waals surface area (Å²) in [6, 6.07) is 7.82. The Labute approximate surface area is 166 Å². The quantitative estimate of drug-likeness (QED) is 0.550. The van der Waals surface area contributed by atoms with Gasteiger partial charge in [0.15, 0.2) is 5.82 Å². The molecular formula is C21H19N5OS. The molecule has 0 aliphatic heterocycles. The Morgan fingerprint density at radius 3 is 2.93 bits per heavy atom. The normalized spacial score (nSPS) is 12.9. The summed E-state index contributed by atoms with van der Waals surface area (Å²) in [5.41, 5.74) is 3.31. The van der Waals surface area contributed by atoms with Gasteiger partial charge in [-0.3, -0.25) is 4.98 Å². The van der Waals surface area contributed by atoms with Crippen molar-refractivity contribution in [3.63, 3.8) is 0 Å². The SMILES string of the molecule is COc1ncccc1CNc1nc(-c2cccnc2)nc2sc3c(c12)CCC3. The fraction of sp³-hybridized carbons (Fsp3) is 0.238. The van der Waals surface area contributed by atoms with Gasteiger partial charge in [0.05, 0.1) is 12.5 Å². The number of aromatic nitrogens is 4. The lowest BCUT2D eigenvalue weighted by Crippen LogP contribution is -2.06. The number of nitrogens with one attached hydrogen (secondary N) is 1. The zero-order valence-electron chi connectivity index (χ0n) is 15.5. The minimum absolute atomic E-state index is 0.584. The average Bonchev–Trinajstić information content (AvgIpc) is 3.33. The first-order valence-electron chi connectivity index (χ1n) is 9.28. The molecule has 0 saturated heterocycles.